The van der Waals surface area contributed by atoms with Crippen LogP contribution in [-0.4, -0.2) is 45.8 Å². The van der Waals surface area contributed by atoms with Crippen LogP contribution in [0.2, 0.25) is 0 Å². The zero-order valence-electron chi connectivity index (χ0n) is 9.00. The summed E-state index contributed by atoms with van der Waals surface area (Å²) in [7, 11) is 0. The average molecular weight is 242 g/mol. The molecular weight excluding hydrogens is 230 g/mol. The standard InChI is InChI=1S/C10H12F2N4O/c11-8(12)7-15(5-6-17)9-2-4-16-10(14-9)1-3-13-16/h1-4,8,17H,5-7H2. The molecule has 0 radical (unpaired) electrons. The minimum absolute atomic E-state index is 0.127. The molecule has 5 nitrogen and oxygen atoms in total. The number of aliphatic hydroxyl groups is 1. The molecule has 0 unspecified atom stereocenters. The fraction of sp³-hybridized carbons (Fsp3) is 0.400. The van der Waals surface area contributed by atoms with Crippen molar-refractivity contribution in [2.24, 2.45) is 0 Å². The Morgan fingerprint density at radius 3 is 2.94 bits per heavy atom. The molecule has 0 saturated carbocycles. The molecule has 0 amide bonds. The van der Waals surface area contributed by atoms with Crippen molar-refractivity contribution in [2.75, 3.05) is 24.6 Å². The molecule has 2 heterocycles. The summed E-state index contributed by atoms with van der Waals surface area (Å²) in [5.74, 6) is 0.410. The van der Waals surface area contributed by atoms with Gasteiger partial charge in [0.2, 0.25) is 0 Å². The Balaban J connectivity index is 2.26. The zero-order valence-corrected chi connectivity index (χ0v) is 9.00. The number of fused-ring (bicyclic) bond motifs is 1. The van der Waals surface area contributed by atoms with E-state index in [-0.39, 0.29) is 13.2 Å². The van der Waals surface area contributed by atoms with Crippen molar-refractivity contribution in [1.29, 1.82) is 0 Å². The highest BCUT2D eigenvalue weighted by molar-refractivity contribution is 5.47. The van der Waals surface area contributed by atoms with Gasteiger partial charge in [-0.3, -0.25) is 0 Å². The fourth-order valence-corrected chi connectivity index (χ4v) is 1.57. The lowest BCUT2D eigenvalue weighted by Gasteiger charge is -2.22. The maximum absolute atomic E-state index is 12.4. The van der Waals surface area contributed by atoms with Crippen LogP contribution in [0, 0.1) is 0 Å². The second-order valence-corrected chi connectivity index (χ2v) is 3.48. The van der Waals surface area contributed by atoms with Crippen LogP contribution in [0.1, 0.15) is 0 Å². The molecule has 7 heteroatoms. The van der Waals surface area contributed by atoms with Crippen molar-refractivity contribution < 1.29 is 13.9 Å². The highest BCUT2D eigenvalue weighted by atomic mass is 19.3. The molecule has 0 fully saturated rings. The number of hydrogen-bond acceptors (Lipinski definition) is 4. The van der Waals surface area contributed by atoms with E-state index in [0.717, 1.165) is 0 Å². The van der Waals surface area contributed by atoms with Crippen LogP contribution < -0.4 is 4.90 Å². The summed E-state index contributed by atoms with van der Waals surface area (Å²) in [6.07, 6.45) is 0.757. The van der Waals surface area contributed by atoms with Gasteiger partial charge in [-0.2, -0.15) is 5.10 Å². The molecule has 0 spiro atoms. The average Bonchev–Trinajstić information content (AvgIpc) is 2.74. The van der Waals surface area contributed by atoms with E-state index in [0.29, 0.717) is 11.5 Å². The van der Waals surface area contributed by atoms with Crippen LogP contribution in [0.5, 0.6) is 0 Å². The first-order valence-electron chi connectivity index (χ1n) is 5.15. The van der Waals surface area contributed by atoms with Gasteiger partial charge < -0.3 is 10.0 Å². The Labute approximate surface area is 96.3 Å². The predicted molar refractivity (Wildman–Crippen MR) is 58.3 cm³/mol. The molecule has 0 aromatic carbocycles. The van der Waals surface area contributed by atoms with Gasteiger partial charge in [-0.15, -0.1) is 0 Å². The van der Waals surface area contributed by atoms with Gasteiger partial charge in [-0.1, -0.05) is 0 Å². The first kappa shape index (κ1) is 11.7. The predicted octanol–water partition coefficient (Wildman–Crippen LogP) is 0.793. The number of hydrogen-bond donors (Lipinski definition) is 1. The molecule has 1 N–H and O–H groups in total. The van der Waals surface area contributed by atoms with Gasteiger partial charge in [0.05, 0.1) is 19.3 Å². The largest absolute Gasteiger partial charge is 0.395 e. The summed E-state index contributed by atoms with van der Waals surface area (Å²) in [6.45, 7) is -0.516. The third-order valence-corrected chi connectivity index (χ3v) is 2.30. The number of anilines is 1. The summed E-state index contributed by atoms with van der Waals surface area (Å²) in [5.41, 5.74) is 0.583. The van der Waals surface area contributed by atoms with E-state index in [1.807, 2.05) is 0 Å². The highest BCUT2D eigenvalue weighted by Gasteiger charge is 2.14. The monoisotopic (exact) mass is 242 g/mol. The number of aliphatic hydroxyl groups excluding tert-OH is 1. The molecular formula is C10H12F2N4O. The number of rotatable bonds is 5. The lowest BCUT2D eigenvalue weighted by atomic mass is 10.4. The van der Waals surface area contributed by atoms with Crippen LogP contribution in [0.25, 0.3) is 5.65 Å². The van der Waals surface area contributed by atoms with Crippen molar-refractivity contribution in [3.05, 3.63) is 24.5 Å². The Morgan fingerprint density at radius 2 is 2.24 bits per heavy atom. The maximum atomic E-state index is 12.4. The molecule has 2 aromatic heterocycles. The van der Waals surface area contributed by atoms with Crippen LogP contribution >= 0.6 is 0 Å². The lowest BCUT2D eigenvalue weighted by Crippen LogP contribution is -2.32. The summed E-state index contributed by atoms with van der Waals surface area (Å²) in [4.78, 5) is 5.53. The number of nitrogens with zero attached hydrogens (tertiary/aromatic N) is 4. The summed E-state index contributed by atoms with van der Waals surface area (Å²) in [6, 6.07) is 3.28. The molecule has 0 aliphatic rings. The zero-order chi connectivity index (χ0) is 12.3. The van der Waals surface area contributed by atoms with Crippen LogP contribution in [0.15, 0.2) is 24.5 Å². The van der Waals surface area contributed by atoms with Crippen molar-refractivity contribution in [2.45, 2.75) is 6.43 Å². The van der Waals surface area contributed by atoms with E-state index in [2.05, 4.69) is 10.1 Å². The van der Waals surface area contributed by atoms with E-state index in [4.69, 9.17) is 5.11 Å². The van der Waals surface area contributed by atoms with Crippen molar-refractivity contribution in [1.82, 2.24) is 14.6 Å². The first-order valence-corrected chi connectivity index (χ1v) is 5.15. The van der Waals surface area contributed by atoms with E-state index in [1.54, 1.807) is 29.0 Å². The molecule has 0 saturated heterocycles. The van der Waals surface area contributed by atoms with Gasteiger partial charge >= 0.3 is 0 Å². The topological polar surface area (TPSA) is 53.7 Å². The molecule has 2 rings (SSSR count). The van der Waals surface area contributed by atoms with Crippen molar-refractivity contribution in [3.63, 3.8) is 0 Å². The summed E-state index contributed by atoms with van der Waals surface area (Å²) >= 11 is 0. The van der Waals surface area contributed by atoms with Crippen LogP contribution in [0.3, 0.4) is 0 Å². The molecule has 0 aliphatic heterocycles. The third kappa shape index (κ3) is 2.68. The van der Waals surface area contributed by atoms with E-state index < -0.39 is 13.0 Å². The smallest absolute Gasteiger partial charge is 0.255 e. The molecule has 0 aliphatic carbocycles. The summed E-state index contributed by atoms with van der Waals surface area (Å²) in [5, 5.41) is 12.8. The minimum atomic E-state index is -2.47. The Bertz CT molecular complexity index is 488. The van der Waals surface area contributed by atoms with E-state index >= 15 is 0 Å². The molecule has 2 aromatic rings. The SMILES string of the molecule is OCCN(CC(F)F)c1ccn2nccc2n1. The molecule has 17 heavy (non-hydrogen) atoms. The van der Waals surface area contributed by atoms with Crippen molar-refractivity contribution in [3.8, 4) is 0 Å². The van der Waals surface area contributed by atoms with Crippen molar-refractivity contribution >= 4 is 11.5 Å². The first-order chi connectivity index (χ1) is 8.20. The van der Waals surface area contributed by atoms with Gasteiger partial charge in [-0.25, -0.2) is 18.3 Å². The normalized spacial score (nSPS) is 11.3. The molecule has 0 atom stereocenters. The van der Waals surface area contributed by atoms with Gasteiger partial charge in [0, 0.05) is 18.8 Å². The van der Waals surface area contributed by atoms with Gasteiger partial charge in [0.15, 0.2) is 5.65 Å². The molecule has 0 bridgehead atoms. The number of halogens is 2. The Kier molecular flexibility index (Phi) is 3.48. The third-order valence-electron chi connectivity index (χ3n) is 2.30. The van der Waals surface area contributed by atoms with Gasteiger partial charge in [-0.05, 0) is 6.07 Å². The highest BCUT2D eigenvalue weighted by Crippen LogP contribution is 2.13. The van der Waals surface area contributed by atoms with E-state index in [9.17, 15) is 8.78 Å². The second kappa shape index (κ2) is 5.05. The van der Waals surface area contributed by atoms with Crippen LogP contribution in [0.4, 0.5) is 14.6 Å². The van der Waals surface area contributed by atoms with Gasteiger partial charge in [0.1, 0.15) is 5.82 Å². The Hall–Kier alpha value is -1.76. The number of aromatic nitrogens is 3. The maximum Gasteiger partial charge on any atom is 0.255 e. The van der Waals surface area contributed by atoms with E-state index in [1.165, 1.54) is 4.90 Å². The molecule has 92 valence electrons. The van der Waals surface area contributed by atoms with Gasteiger partial charge in [0.25, 0.3) is 6.43 Å². The summed E-state index contributed by atoms with van der Waals surface area (Å²) < 4.78 is 26.3. The second-order valence-electron chi connectivity index (χ2n) is 3.48. The lowest BCUT2D eigenvalue weighted by molar-refractivity contribution is 0.152. The Morgan fingerprint density at radius 1 is 1.41 bits per heavy atom. The number of alkyl halides is 2. The fourth-order valence-electron chi connectivity index (χ4n) is 1.57. The minimum Gasteiger partial charge on any atom is -0.395 e. The van der Waals surface area contributed by atoms with Crippen LogP contribution in [-0.2, 0) is 0 Å². The quantitative estimate of drug-likeness (QED) is 0.842.